The van der Waals surface area contributed by atoms with Crippen molar-refractivity contribution in [1.29, 1.82) is 5.39 Å². The average molecular weight is 171 g/mol. The summed E-state index contributed by atoms with van der Waals surface area (Å²) in [5, 5.41) is 8.39. The summed E-state index contributed by atoms with van der Waals surface area (Å²) in [5.41, 5.74) is 0.449. The lowest BCUT2D eigenvalue weighted by Gasteiger charge is -1.91. The molecule has 0 radical (unpaired) electrons. The van der Waals surface area contributed by atoms with Crippen LogP contribution in [0.3, 0.4) is 0 Å². The normalized spacial score (nSPS) is 7.64. The highest BCUT2D eigenvalue weighted by Crippen LogP contribution is 2.25. The van der Waals surface area contributed by atoms with E-state index in [9.17, 15) is 0 Å². The number of diazo groups is 1. The van der Waals surface area contributed by atoms with Gasteiger partial charge in [0.1, 0.15) is 0 Å². The highest BCUT2D eigenvalue weighted by molar-refractivity contribution is 5.56. The van der Waals surface area contributed by atoms with E-state index in [1.54, 1.807) is 18.2 Å². The smallest absolute Gasteiger partial charge is 0.426 e. The van der Waals surface area contributed by atoms with Gasteiger partial charge in [0.05, 0.1) is 7.11 Å². The van der Waals surface area contributed by atoms with Gasteiger partial charge >= 0.3 is 5.69 Å². The third-order valence-electron chi connectivity index (χ3n) is 1.19. The number of hydrogen-bond acceptors (Lipinski definition) is 2. The molecule has 0 amide bonds. The van der Waals surface area contributed by atoms with E-state index in [0.29, 0.717) is 11.4 Å². The summed E-state index contributed by atoms with van der Waals surface area (Å²) in [6.45, 7) is 0. The number of rotatable bonds is 1. The second-order valence-electron chi connectivity index (χ2n) is 1.77. The molecule has 0 aromatic heterocycles. The molecule has 1 aromatic rings. The maximum Gasteiger partial charge on any atom is 0.426 e. The van der Waals surface area contributed by atoms with E-state index in [4.69, 9.17) is 10.1 Å². The van der Waals surface area contributed by atoms with Crippen LogP contribution in [0.15, 0.2) is 24.3 Å². The maximum atomic E-state index is 8.39. The van der Waals surface area contributed by atoms with Crippen LogP contribution in [0.1, 0.15) is 0 Å². The van der Waals surface area contributed by atoms with Crippen molar-refractivity contribution in [3.63, 3.8) is 0 Å². The van der Waals surface area contributed by atoms with Gasteiger partial charge < -0.3 is 17.1 Å². The van der Waals surface area contributed by atoms with Crippen LogP contribution in [0.4, 0.5) is 5.69 Å². The second kappa shape index (κ2) is 4.53. The first-order valence-electron chi connectivity index (χ1n) is 2.86. The van der Waals surface area contributed by atoms with Crippen LogP contribution < -0.4 is 17.1 Å². The molecule has 11 heavy (non-hydrogen) atoms. The molecule has 0 N–H and O–H groups in total. The van der Waals surface area contributed by atoms with E-state index in [-0.39, 0.29) is 12.4 Å². The first-order chi connectivity index (χ1) is 4.88. The van der Waals surface area contributed by atoms with Crippen molar-refractivity contribution in [2.75, 3.05) is 7.11 Å². The van der Waals surface area contributed by atoms with Gasteiger partial charge in [-0.3, -0.25) is 0 Å². The summed E-state index contributed by atoms with van der Waals surface area (Å²) in [6, 6.07) is 6.99. The fraction of sp³-hybridized carbons (Fsp3) is 0.143. The molecule has 4 heteroatoms. The van der Waals surface area contributed by atoms with Crippen molar-refractivity contribution < 1.29 is 17.1 Å². The van der Waals surface area contributed by atoms with Gasteiger partial charge in [0.2, 0.25) is 11.1 Å². The quantitative estimate of drug-likeness (QED) is 0.517. The number of para-hydroxylation sites is 1. The highest BCUT2D eigenvalue weighted by Gasteiger charge is 2.10. The number of halogens is 1. The fourth-order valence-corrected chi connectivity index (χ4v) is 0.712. The van der Waals surface area contributed by atoms with Crippen LogP contribution in [0.25, 0.3) is 4.98 Å². The van der Waals surface area contributed by atoms with E-state index in [0.717, 1.165) is 0 Å². The molecule has 0 unspecified atom stereocenters. The number of hydrogen-bond donors (Lipinski definition) is 0. The van der Waals surface area contributed by atoms with E-state index in [2.05, 4.69) is 4.98 Å². The summed E-state index contributed by atoms with van der Waals surface area (Å²) in [5.74, 6) is 0.574. The third-order valence-corrected chi connectivity index (χ3v) is 1.19. The van der Waals surface area contributed by atoms with E-state index < -0.39 is 0 Å². The van der Waals surface area contributed by atoms with Gasteiger partial charge in [0, 0.05) is 6.07 Å². The molecule has 0 aliphatic heterocycles. The zero-order valence-corrected chi connectivity index (χ0v) is 6.75. The lowest BCUT2D eigenvalue weighted by atomic mass is 10.3. The standard InChI is InChI=1S/C7H7N2O.ClH/c1-10-7-5-3-2-4-6(7)9-8;/h2-5H,1H3;1H/q+1;/p-1. The molecular formula is C7H7ClN2O. The maximum absolute atomic E-state index is 8.39. The molecule has 1 aromatic carbocycles. The van der Waals surface area contributed by atoms with Crippen LogP contribution in [-0.4, -0.2) is 7.11 Å². The van der Waals surface area contributed by atoms with Gasteiger partial charge in [-0.25, -0.2) is 0 Å². The largest absolute Gasteiger partial charge is 1.00 e. The lowest BCUT2D eigenvalue weighted by molar-refractivity contribution is -0.00000256. The molecule has 1 rings (SSSR count). The van der Waals surface area contributed by atoms with Gasteiger partial charge in [-0.15, -0.1) is 0 Å². The van der Waals surface area contributed by atoms with Gasteiger partial charge in [0.15, 0.2) is 4.98 Å². The molecular weight excluding hydrogens is 164 g/mol. The summed E-state index contributed by atoms with van der Waals surface area (Å²) in [4.78, 5) is 3.02. The Kier molecular flexibility index (Phi) is 4.01. The van der Waals surface area contributed by atoms with Crippen molar-refractivity contribution in [2.45, 2.75) is 0 Å². The van der Waals surface area contributed by atoms with Crippen molar-refractivity contribution >= 4 is 5.69 Å². The average Bonchev–Trinajstić information content (AvgIpc) is 2.04. The predicted octanol–water partition coefficient (Wildman–Crippen LogP) is -0.816. The highest BCUT2D eigenvalue weighted by atomic mass is 35.5. The topological polar surface area (TPSA) is 37.4 Å². The minimum Gasteiger partial charge on any atom is -1.00 e. The Morgan fingerprint density at radius 3 is 2.45 bits per heavy atom. The SMILES string of the molecule is COc1ccccc1[N+]#N.[Cl-]. The second-order valence-corrected chi connectivity index (χ2v) is 1.77. The Morgan fingerprint density at radius 2 is 2.00 bits per heavy atom. The number of nitrogens with zero attached hydrogens (tertiary/aromatic N) is 2. The van der Waals surface area contributed by atoms with E-state index in [1.807, 2.05) is 6.07 Å². The van der Waals surface area contributed by atoms with Crippen LogP contribution in [-0.2, 0) is 0 Å². The first-order valence-corrected chi connectivity index (χ1v) is 2.86. The van der Waals surface area contributed by atoms with Crippen LogP contribution in [0.2, 0.25) is 0 Å². The Bertz CT molecular complexity index is 269. The summed E-state index contributed by atoms with van der Waals surface area (Å²) >= 11 is 0. The monoisotopic (exact) mass is 170 g/mol. The van der Waals surface area contributed by atoms with E-state index in [1.165, 1.54) is 7.11 Å². The molecule has 0 atom stereocenters. The zero-order chi connectivity index (χ0) is 7.40. The van der Waals surface area contributed by atoms with Crippen molar-refractivity contribution in [3.8, 4) is 5.75 Å². The van der Waals surface area contributed by atoms with Crippen molar-refractivity contribution in [3.05, 3.63) is 29.2 Å². The third kappa shape index (κ3) is 2.10. The molecule has 0 saturated heterocycles. The molecule has 58 valence electrons. The minimum absolute atomic E-state index is 0. The first kappa shape index (κ1) is 9.73. The lowest BCUT2D eigenvalue weighted by Crippen LogP contribution is -3.00. The Labute approximate surface area is 71.0 Å². The molecule has 0 bridgehead atoms. The van der Waals surface area contributed by atoms with Gasteiger partial charge in [-0.2, -0.15) is 0 Å². The number of benzene rings is 1. The van der Waals surface area contributed by atoms with Crippen LogP contribution in [0, 0.1) is 5.39 Å². The Hall–Kier alpha value is -1.27. The molecule has 0 spiro atoms. The molecule has 3 nitrogen and oxygen atoms in total. The van der Waals surface area contributed by atoms with Crippen LogP contribution in [0.5, 0.6) is 5.75 Å². The van der Waals surface area contributed by atoms with Gasteiger partial charge in [-0.05, 0) is 6.07 Å². The van der Waals surface area contributed by atoms with Crippen LogP contribution >= 0.6 is 0 Å². The molecule has 0 heterocycles. The van der Waals surface area contributed by atoms with Crippen molar-refractivity contribution in [2.24, 2.45) is 0 Å². The van der Waals surface area contributed by atoms with Crippen molar-refractivity contribution in [1.82, 2.24) is 0 Å². The summed E-state index contributed by atoms with van der Waals surface area (Å²) in [6.07, 6.45) is 0. The summed E-state index contributed by atoms with van der Waals surface area (Å²) < 4.78 is 4.88. The Morgan fingerprint density at radius 1 is 1.36 bits per heavy atom. The van der Waals surface area contributed by atoms with Gasteiger partial charge in [-0.1, -0.05) is 12.1 Å². The number of methoxy groups -OCH3 is 1. The van der Waals surface area contributed by atoms with Gasteiger partial charge in [0.25, 0.3) is 0 Å². The van der Waals surface area contributed by atoms with E-state index >= 15 is 0 Å². The fourth-order valence-electron chi connectivity index (χ4n) is 0.712. The summed E-state index contributed by atoms with van der Waals surface area (Å²) in [7, 11) is 1.53. The molecule has 0 aliphatic carbocycles. The Balaban J connectivity index is 0.000001000. The predicted molar refractivity (Wildman–Crippen MR) is 37.7 cm³/mol. The molecule has 0 fully saturated rings. The molecule has 0 aliphatic rings. The molecule has 0 saturated carbocycles. The minimum atomic E-state index is 0. The zero-order valence-electron chi connectivity index (χ0n) is 5.99. The number of ether oxygens (including phenoxy) is 1.